The number of ketones is 1. The molecule has 0 aliphatic carbocycles. The van der Waals surface area contributed by atoms with E-state index in [2.05, 4.69) is 4.98 Å². The van der Waals surface area contributed by atoms with Gasteiger partial charge in [-0.15, -0.1) is 0 Å². The normalized spacial score (nSPS) is 16.7. The van der Waals surface area contributed by atoms with Gasteiger partial charge in [-0.25, -0.2) is 4.39 Å². The van der Waals surface area contributed by atoms with Gasteiger partial charge >= 0.3 is 0 Å². The molecule has 6 nitrogen and oxygen atoms in total. The number of benzene rings is 3. The third kappa shape index (κ3) is 4.71. The van der Waals surface area contributed by atoms with Gasteiger partial charge in [-0.1, -0.05) is 30.3 Å². The molecule has 4 aromatic rings. The molecule has 1 amide bonds. The molecule has 1 unspecified atom stereocenters. The van der Waals surface area contributed by atoms with E-state index in [1.165, 1.54) is 29.2 Å². The molecule has 1 atom stereocenters. The highest BCUT2D eigenvalue weighted by Crippen LogP contribution is 2.42. The Balaban J connectivity index is 1.54. The third-order valence-corrected chi connectivity index (χ3v) is 6.26. The number of amides is 1. The Kier molecular flexibility index (Phi) is 6.51. The van der Waals surface area contributed by atoms with E-state index in [9.17, 15) is 19.1 Å². The largest absolute Gasteiger partial charge is 0.507 e. The van der Waals surface area contributed by atoms with E-state index < -0.39 is 23.5 Å². The van der Waals surface area contributed by atoms with Gasteiger partial charge in [-0.2, -0.15) is 0 Å². The summed E-state index contributed by atoms with van der Waals surface area (Å²) in [6, 6.07) is 22.6. The number of rotatable bonds is 6. The highest BCUT2D eigenvalue weighted by Gasteiger charge is 2.47. The number of hydrogen-bond donors (Lipinski definition) is 1. The maximum atomic E-state index is 13.6. The van der Waals surface area contributed by atoms with Crippen LogP contribution in [0, 0.1) is 12.7 Å². The summed E-state index contributed by atoms with van der Waals surface area (Å²) in [6.07, 6.45) is 3.09. The van der Waals surface area contributed by atoms with Crippen LogP contribution in [-0.4, -0.2) is 21.8 Å². The first-order chi connectivity index (χ1) is 17.9. The van der Waals surface area contributed by atoms with E-state index in [1.807, 2.05) is 37.3 Å². The van der Waals surface area contributed by atoms with Crippen molar-refractivity contribution in [3.63, 3.8) is 0 Å². The number of Topliss-reactive ketones (excluding diaryl/α,β-unsaturated/α-hetero) is 1. The second-order valence-electron chi connectivity index (χ2n) is 8.68. The lowest BCUT2D eigenvalue weighted by molar-refractivity contribution is -0.132. The molecule has 5 rings (SSSR count). The number of aryl methyl sites for hydroxylation is 1. The van der Waals surface area contributed by atoms with E-state index in [-0.39, 0.29) is 11.3 Å². The monoisotopic (exact) mass is 494 g/mol. The van der Waals surface area contributed by atoms with Gasteiger partial charge < -0.3 is 9.84 Å². The Labute approximate surface area is 213 Å². The fourth-order valence-corrected chi connectivity index (χ4v) is 4.41. The molecule has 1 aliphatic rings. The highest BCUT2D eigenvalue weighted by atomic mass is 19.1. The molecule has 0 spiro atoms. The lowest BCUT2D eigenvalue weighted by atomic mass is 9.95. The molecular weight excluding hydrogens is 471 g/mol. The molecule has 7 heteroatoms. The number of carbonyl (C=O) groups excluding carboxylic acids is 2. The van der Waals surface area contributed by atoms with Crippen molar-refractivity contribution in [3.8, 4) is 5.75 Å². The summed E-state index contributed by atoms with van der Waals surface area (Å²) < 4.78 is 19.5. The summed E-state index contributed by atoms with van der Waals surface area (Å²) in [5, 5.41) is 11.3. The van der Waals surface area contributed by atoms with Crippen molar-refractivity contribution < 1.29 is 23.8 Å². The minimum atomic E-state index is -0.914. The summed E-state index contributed by atoms with van der Waals surface area (Å²) in [7, 11) is 0. The van der Waals surface area contributed by atoms with Gasteiger partial charge in [0.1, 0.15) is 23.9 Å². The first-order valence-corrected chi connectivity index (χ1v) is 11.7. The number of aliphatic hydroxyl groups is 1. The van der Waals surface area contributed by atoms with Gasteiger partial charge in [-0.3, -0.25) is 19.5 Å². The number of aliphatic hydroxyl groups excluding tert-OH is 1. The summed E-state index contributed by atoms with van der Waals surface area (Å²) in [5.41, 5.74) is 3.02. The molecule has 37 heavy (non-hydrogen) atoms. The number of hydrogen-bond acceptors (Lipinski definition) is 5. The lowest BCUT2D eigenvalue weighted by Gasteiger charge is -2.25. The Morgan fingerprint density at radius 3 is 2.35 bits per heavy atom. The summed E-state index contributed by atoms with van der Waals surface area (Å²) in [4.78, 5) is 31.7. The zero-order valence-corrected chi connectivity index (χ0v) is 20.0. The van der Waals surface area contributed by atoms with Crippen molar-refractivity contribution in [1.82, 2.24) is 4.98 Å². The molecule has 1 aromatic heterocycles. The maximum Gasteiger partial charge on any atom is 0.300 e. The molecule has 1 N–H and O–H groups in total. The van der Waals surface area contributed by atoms with Gasteiger partial charge in [0.05, 0.1) is 11.6 Å². The molecule has 3 aromatic carbocycles. The van der Waals surface area contributed by atoms with E-state index in [4.69, 9.17) is 4.74 Å². The molecule has 1 saturated heterocycles. The van der Waals surface area contributed by atoms with E-state index in [0.717, 1.165) is 11.1 Å². The smallest absolute Gasteiger partial charge is 0.300 e. The van der Waals surface area contributed by atoms with E-state index in [0.29, 0.717) is 29.2 Å². The number of aromatic nitrogens is 1. The molecule has 2 heterocycles. The fourth-order valence-electron chi connectivity index (χ4n) is 4.41. The van der Waals surface area contributed by atoms with Crippen LogP contribution < -0.4 is 9.64 Å². The number of carbonyl (C=O) groups is 2. The van der Waals surface area contributed by atoms with Crippen LogP contribution in [0.1, 0.15) is 28.3 Å². The van der Waals surface area contributed by atoms with Crippen LogP contribution >= 0.6 is 0 Å². The third-order valence-electron chi connectivity index (χ3n) is 6.26. The number of anilines is 1. The number of pyridine rings is 1. The minimum Gasteiger partial charge on any atom is -0.507 e. The first kappa shape index (κ1) is 23.9. The predicted octanol–water partition coefficient (Wildman–Crippen LogP) is 5.73. The quantitative estimate of drug-likeness (QED) is 0.210. The Bertz CT molecular complexity index is 1490. The predicted molar refractivity (Wildman–Crippen MR) is 137 cm³/mol. The standard InChI is InChI=1S/C30H23FN2O4/c1-19-17-22(7-12-25(19)37-18-20-5-3-2-4-6-20)28(34)26-27(21-13-15-32-16-14-21)33(30(36)29(26)35)24-10-8-23(31)9-11-24/h2-17,27,34H,18H2,1H3/b28-26-. The first-order valence-electron chi connectivity index (χ1n) is 11.7. The van der Waals surface area contributed by atoms with Crippen molar-refractivity contribution in [3.05, 3.63) is 131 Å². The van der Waals surface area contributed by atoms with Crippen molar-refractivity contribution in [1.29, 1.82) is 0 Å². The average Bonchev–Trinajstić information content (AvgIpc) is 3.19. The average molecular weight is 495 g/mol. The highest BCUT2D eigenvalue weighted by molar-refractivity contribution is 6.51. The Morgan fingerprint density at radius 1 is 0.973 bits per heavy atom. The van der Waals surface area contributed by atoms with Crippen molar-refractivity contribution >= 4 is 23.1 Å². The summed E-state index contributed by atoms with van der Waals surface area (Å²) >= 11 is 0. The van der Waals surface area contributed by atoms with Crippen LogP contribution in [-0.2, 0) is 16.2 Å². The van der Waals surface area contributed by atoms with Crippen LogP contribution in [0.25, 0.3) is 5.76 Å². The van der Waals surface area contributed by atoms with Crippen LogP contribution in [0.4, 0.5) is 10.1 Å². The molecule has 0 bridgehead atoms. The van der Waals surface area contributed by atoms with E-state index >= 15 is 0 Å². The topological polar surface area (TPSA) is 79.7 Å². The molecule has 0 radical (unpaired) electrons. The van der Waals surface area contributed by atoms with Crippen LogP contribution in [0.2, 0.25) is 0 Å². The number of halogens is 1. The van der Waals surface area contributed by atoms with Crippen LogP contribution in [0.3, 0.4) is 0 Å². The van der Waals surface area contributed by atoms with Crippen molar-refractivity contribution in [2.75, 3.05) is 4.90 Å². The summed E-state index contributed by atoms with van der Waals surface area (Å²) in [6.45, 7) is 2.23. The summed E-state index contributed by atoms with van der Waals surface area (Å²) in [5.74, 6) is -1.77. The van der Waals surface area contributed by atoms with Gasteiger partial charge in [0, 0.05) is 23.6 Å². The molecule has 1 aliphatic heterocycles. The zero-order chi connectivity index (χ0) is 25.9. The number of nitrogens with zero attached hydrogens (tertiary/aromatic N) is 2. The zero-order valence-electron chi connectivity index (χ0n) is 20.0. The van der Waals surface area contributed by atoms with E-state index in [1.54, 1.807) is 42.7 Å². The molecule has 0 saturated carbocycles. The Hall–Kier alpha value is -4.78. The molecular formula is C30H23FN2O4. The second-order valence-corrected chi connectivity index (χ2v) is 8.68. The fraction of sp³-hybridized carbons (Fsp3) is 0.100. The van der Waals surface area contributed by atoms with Gasteiger partial charge in [0.2, 0.25) is 0 Å². The maximum absolute atomic E-state index is 13.6. The van der Waals surface area contributed by atoms with Gasteiger partial charge in [0.25, 0.3) is 11.7 Å². The van der Waals surface area contributed by atoms with Crippen LogP contribution in [0.15, 0.2) is 103 Å². The SMILES string of the molecule is Cc1cc(/C(O)=C2/C(=O)C(=O)N(c3ccc(F)cc3)C2c2ccncc2)ccc1OCc1ccccc1. The van der Waals surface area contributed by atoms with Crippen LogP contribution in [0.5, 0.6) is 5.75 Å². The number of ether oxygens (including phenoxy) is 1. The molecule has 1 fully saturated rings. The minimum absolute atomic E-state index is 0.0575. The molecule has 184 valence electrons. The second kappa shape index (κ2) is 10.1. The Morgan fingerprint density at radius 2 is 1.68 bits per heavy atom. The van der Waals surface area contributed by atoms with Gasteiger partial charge in [0.15, 0.2) is 0 Å². The van der Waals surface area contributed by atoms with Crippen molar-refractivity contribution in [2.45, 2.75) is 19.6 Å². The lowest BCUT2D eigenvalue weighted by Crippen LogP contribution is -2.29. The van der Waals surface area contributed by atoms with Crippen molar-refractivity contribution in [2.24, 2.45) is 0 Å². The van der Waals surface area contributed by atoms with Gasteiger partial charge in [-0.05, 0) is 78.2 Å².